The second-order valence-corrected chi connectivity index (χ2v) is 8.81. The maximum absolute atomic E-state index is 15.4. The fourth-order valence-electron chi connectivity index (χ4n) is 4.90. The average molecular weight is 472 g/mol. The van der Waals surface area contributed by atoms with Crippen LogP contribution in [0.15, 0.2) is 53.6 Å². The molecule has 0 aliphatic carbocycles. The van der Waals surface area contributed by atoms with E-state index in [2.05, 4.69) is 16.2 Å². The minimum atomic E-state index is -0.409. The predicted octanol–water partition coefficient (Wildman–Crippen LogP) is 4.46. The highest BCUT2D eigenvalue weighted by Gasteiger charge is 2.25. The Morgan fingerprint density at radius 2 is 2.00 bits per heavy atom. The normalized spacial score (nSPS) is 14.3. The van der Waals surface area contributed by atoms with Crippen molar-refractivity contribution >= 4 is 5.78 Å². The quantitative estimate of drug-likeness (QED) is 0.414. The summed E-state index contributed by atoms with van der Waals surface area (Å²) in [4.78, 5) is 18.2. The van der Waals surface area contributed by atoms with Crippen molar-refractivity contribution in [1.29, 1.82) is 5.26 Å². The number of aromatic nitrogens is 4. The van der Waals surface area contributed by atoms with Gasteiger partial charge in [-0.15, -0.1) is 0 Å². The van der Waals surface area contributed by atoms with E-state index in [1.165, 1.54) is 12.4 Å². The highest BCUT2D eigenvalue weighted by atomic mass is 19.1. The molecule has 0 amide bonds. The number of fused-ring (bicyclic) bond motifs is 1. The van der Waals surface area contributed by atoms with Crippen molar-refractivity contribution in [3.8, 4) is 17.2 Å². The van der Waals surface area contributed by atoms with Gasteiger partial charge in [-0.3, -0.25) is 9.36 Å². The summed E-state index contributed by atoms with van der Waals surface area (Å²) in [6.07, 6.45) is 4.50. The Kier molecular flexibility index (Phi) is 6.43. The van der Waals surface area contributed by atoms with Crippen LogP contribution >= 0.6 is 0 Å². The molecule has 0 saturated carbocycles. The molecule has 1 fully saturated rings. The smallest absolute Gasteiger partial charge is 0.259 e. The van der Waals surface area contributed by atoms with Crippen molar-refractivity contribution in [3.05, 3.63) is 87.3 Å². The molecule has 4 aromatic rings. The van der Waals surface area contributed by atoms with Crippen LogP contribution in [0, 0.1) is 17.1 Å². The Hall–Kier alpha value is -3.83. The van der Waals surface area contributed by atoms with Crippen LogP contribution in [0.3, 0.4) is 0 Å². The van der Waals surface area contributed by atoms with Crippen molar-refractivity contribution in [2.75, 3.05) is 13.2 Å². The molecule has 8 heteroatoms. The zero-order valence-corrected chi connectivity index (χ0v) is 19.6. The summed E-state index contributed by atoms with van der Waals surface area (Å²) in [7, 11) is 0. The molecule has 1 saturated heterocycles. The summed E-state index contributed by atoms with van der Waals surface area (Å²) in [5.74, 6) is 0.117. The molecule has 35 heavy (non-hydrogen) atoms. The number of halogens is 1. The molecule has 1 aliphatic heterocycles. The summed E-state index contributed by atoms with van der Waals surface area (Å²) in [6, 6.07) is 14.2. The topological polar surface area (TPSA) is 85.2 Å². The van der Waals surface area contributed by atoms with Gasteiger partial charge in [0, 0.05) is 31.2 Å². The molecule has 0 spiro atoms. The highest BCUT2D eigenvalue weighted by Crippen LogP contribution is 2.27. The van der Waals surface area contributed by atoms with Crippen molar-refractivity contribution < 1.29 is 9.13 Å². The number of ether oxygens (including phenoxy) is 1. The summed E-state index contributed by atoms with van der Waals surface area (Å²) in [5.41, 5.74) is 3.39. The lowest BCUT2D eigenvalue weighted by molar-refractivity contribution is 0.0693. The van der Waals surface area contributed by atoms with Crippen molar-refractivity contribution in [3.63, 3.8) is 0 Å². The van der Waals surface area contributed by atoms with Crippen LogP contribution in [0.4, 0.5) is 4.39 Å². The lowest BCUT2D eigenvalue weighted by Gasteiger charge is -2.26. The highest BCUT2D eigenvalue weighted by molar-refractivity contribution is 5.70. The third-order valence-electron chi connectivity index (χ3n) is 6.65. The second kappa shape index (κ2) is 9.80. The Morgan fingerprint density at radius 3 is 2.74 bits per heavy atom. The summed E-state index contributed by atoms with van der Waals surface area (Å²) in [5, 5.41) is 13.8. The molecule has 0 unspecified atom stereocenters. The van der Waals surface area contributed by atoms with Crippen LogP contribution in [0.2, 0.25) is 0 Å². The number of rotatable bonds is 6. The lowest BCUT2D eigenvalue weighted by Crippen LogP contribution is -2.34. The minimum absolute atomic E-state index is 0.0351. The molecule has 2 aromatic heterocycles. The van der Waals surface area contributed by atoms with E-state index < -0.39 is 5.82 Å². The number of hydrogen-bond donors (Lipinski definition) is 0. The minimum Gasteiger partial charge on any atom is -0.381 e. The van der Waals surface area contributed by atoms with E-state index in [-0.39, 0.29) is 18.0 Å². The van der Waals surface area contributed by atoms with Gasteiger partial charge >= 0.3 is 0 Å². The second-order valence-electron chi connectivity index (χ2n) is 8.81. The van der Waals surface area contributed by atoms with Gasteiger partial charge in [0.15, 0.2) is 0 Å². The molecule has 0 atom stereocenters. The standard InChI is InChI=1S/C27H26FN5O2/c1-2-5-25-23(26(34)32(21-10-12-35-13-11-21)27-30-17-31-33(25)27)14-19-9-8-18(15-24(19)28)22-7-4-3-6-20(22)16-29/h3-4,6-9,15,17,21H,2,5,10-14H2,1H3. The first-order chi connectivity index (χ1) is 17.1. The molecule has 178 valence electrons. The monoisotopic (exact) mass is 471 g/mol. The molecular formula is C27H26FN5O2. The molecular weight excluding hydrogens is 445 g/mol. The van der Waals surface area contributed by atoms with E-state index in [4.69, 9.17) is 4.74 Å². The Balaban J connectivity index is 1.61. The largest absolute Gasteiger partial charge is 0.381 e. The van der Waals surface area contributed by atoms with E-state index in [1.54, 1.807) is 39.4 Å². The van der Waals surface area contributed by atoms with Gasteiger partial charge in [0.05, 0.1) is 17.3 Å². The number of nitrogens with zero attached hydrogens (tertiary/aromatic N) is 5. The summed E-state index contributed by atoms with van der Waals surface area (Å²) in [6.45, 7) is 3.21. The van der Waals surface area contributed by atoms with Gasteiger partial charge in [-0.2, -0.15) is 15.3 Å². The van der Waals surface area contributed by atoms with E-state index in [0.717, 1.165) is 25.0 Å². The molecule has 0 N–H and O–H groups in total. The van der Waals surface area contributed by atoms with Crippen molar-refractivity contribution in [2.45, 2.75) is 45.1 Å². The van der Waals surface area contributed by atoms with Crippen LogP contribution in [-0.2, 0) is 17.6 Å². The number of aryl methyl sites for hydroxylation is 1. The molecule has 2 aromatic carbocycles. The summed E-state index contributed by atoms with van der Waals surface area (Å²) >= 11 is 0. The van der Waals surface area contributed by atoms with E-state index in [0.29, 0.717) is 53.2 Å². The third-order valence-corrected chi connectivity index (χ3v) is 6.65. The Bertz CT molecular complexity index is 1480. The van der Waals surface area contributed by atoms with E-state index >= 15 is 4.39 Å². The van der Waals surface area contributed by atoms with Gasteiger partial charge in [0.2, 0.25) is 5.78 Å². The van der Waals surface area contributed by atoms with Gasteiger partial charge in [-0.1, -0.05) is 43.7 Å². The molecule has 5 rings (SSSR count). The van der Waals surface area contributed by atoms with Crippen LogP contribution in [0.5, 0.6) is 0 Å². The van der Waals surface area contributed by atoms with Gasteiger partial charge in [0.1, 0.15) is 12.1 Å². The molecule has 7 nitrogen and oxygen atoms in total. The number of nitriles is 1. The molecule has 0 bridgehead atoms. The molecule has 1 aliphatic rings. The van der Waals surface area contributed by atoms with Gasteiger partial charge < -0.3 is 4.74 Å². The van der Waals surface area contributed by atoms with Crippen LogP contribution < -0.4 is 5.56 Å². The maximum atomic E-state index is 15.4. The zero-order chi connectivity index (χ0) is 24.4. The number of hydrogen-bond acceptors (Lipinski definition) is 5. The third kappa shape index (κ3) is 4.24. The first-order valence-corrected chi connectivity index (χ1v) is 11.9. The first-order valence-electron chi connectivity index (χ1n) is 11.9. The van der Waals surface area contributed by atoms with Crippen LogP contribution in [0.1, 0.15) is 54.6 Å². The predicted molar refractivity (Wildman–Crippen MR) is 130 cm³/mol. The van der Waals surface area contributed by atoms with E-state index in [1.807, 2.05) is 13.0 Å². The fourth-order valence-corrected chi connectivity index (χ4v) is 4.90. The number of benzene rings is 2. The van der Waals surface area contributed by atoms with Crippen LogP contribution in [0.25, 0.3) is 16.9 Å². The lowest BCUT2D eigenvalue weighted by atomic mass is 9.96. The van der Waals surface area contributed by atoms with Crippen molar-refractivity contribution in [2.24, 2.45) is 0 Å². The maximum Gasteiger partial charge on any atom is 0.259 e. The zero-order valence-electron chi connectivity index (χ0n) is 19.6. The fraction of sp³-hybridized carbons (Fsp3) is 0.333. The van der Waals surface area contributed by atoms with Gasteiger partial charge in [-0.05, 0) is 48.1 Å². The first kappa shape index (κ1) is 22.9. The molecule has 3 heterocycles. The SMILES string of the molecule is CCCc1c(Cc2ccc(-c3ccccc3C#N)cc2F)c(=O)n(C2CCOCC2)c2ncnn12. The average Bonchev–Trinajstić information content (AvgIpc) is 3.37. The van der Waals surface area contributed by atoms with Gasteiger partial charge in [0.25, 0.3) is 5.56 Å². The van der Waals surface area contributed by atoms with E-state index in [9.17, 15) is 10.1 Å². The van der Waals surface area contributed by atoms with Gasteiger partial charge in [-0.25, -0.2) is 8.91 Å². The summed E-state index contributed by atoms with van der Waals surface area (Å²) < 4.78 is 24.3. The van der Waals surface area contributed by atoms with Crippen LogP contribution in [-0.4, -0.2) is 32.4 Å². The Morgan fingerprint density at radius 1 is 1.20 bits per heavy atom. The Labute approximate surface area is 202 Å². The van der Waals surface area contributed by atoms with Crippen molar-refractivity contribution in [1.82, 2.24) is 19.2 Å². The molecule has 0 radical (unpaired) electrons.